The minimum atomic E-state index is -1.69. The highest BCUT2D eigenvalue weighted by Crippen LogP contribution is 2.23. The smallest absolute Gasteiger partial charge is 0.245 e. The second-order valence-electron chi connectivity index (χ2n) is 21.9. The first kappa shape index (κ1) is 64.2. The number of aromatic amines is 2. The fraction of sp³-hybridized carbons (Fsp3) is 0.403. The third-order valence-corrected chi connectivity index (χ3v) is 15.0. The summed E-state index contributed by atoms with van der Waals surface area (Å²) in [4.78, 5) is 126. The zero-order valence-corrected chi connectivity index (χ0v) is 48.5. The molecular formula is C62H78FN13O10. The largest absolute Gasteiger partial charge is 0.508 e. The van der Waals surface area contributed by atoms with Crippen LogP contribution in [0.4, 0.5) is 4.39 Å². The molecule has 0 bridgehead atoms. The molecule has 0 radical (unpaired) electrons. The Bertz CT molecular complexity index is 3340. The van der Waals surface area contributed by atoms with Crippen molar-refractivity contribution < 1.29 is 53.0 Å². The van der Waals surface area contributed by atoms with Gasteiger partial charge in [-0.2, -0.15) is 0 Å². The monoisotopic (exact) mass is 1180 g/mol. The number of aromatic nitrogens is 2. The van der Waals surface area contributed by atoms with Crippen molar-refractivity contribution in [3.05, 3.63) is 138 Å². The number of H-pyrrole nitrogens is 2. The van der Waals surface area contributed by atoms with E-state index in [2.05, 4.69) is 52.2 Å². The maximum atomic E-state index is 15.0. The summed E-state index contributed by atoms with van der Waals surface area (Å²) in [6.07, 6.45) is 4.56. The number of halogens is 1. The third-order valence-electron chi connectivity index (χ3n) is 15.0. The van der Waals surface area contributed by atoms with Crippen molar-refractivity contribution in [1.29, 1.82) is 0 Å². The Morgan fingerprint density at radius 3 is 1.74 bits per heavy atom. The number of amides is 8. The molecule has 6 aromatic rings. The number of nitrogens with zero attached hydrogens (tertiary/aromatic N) is 2. The Morgan fingerprint density at radius 2 is 1.17 bits per heavy atom. The number of phenolic OH excluding ortho intramolecular Hbond substituents is 1. The average molecular weight is 1180 g/mol. The van der Waals surface area contributed by atoms with Gasteiger partial charge in [0.25, 0.3) is 0 Å². The highest BCUT2D eigenvalue weighted by molar-refractivity contribution is 5.99. The normalized spacial score (nSPS) is 15.1. The number of aliphatic hydroxyl groups is 1. The van der Waals surface area contributed by atoms with Gasteiger partial charge < -0.3 is 73.8 Å². The lowest BCUT2D eigenvalue weighted by atomic mass is 9.99. The van der Waals surface area contributed by atoms with E-state index in [0.717, 1.165) is 21.8 Å². The number of aryl methyl sites for hydroxylation is 1. The zero-order valence-electron chi connectivity index (χ0n) is 48.5. The second kappa shape index (κ2) is 31.0. The van der Waals surface area contributed by atoms with Crippen molar-refractivity contribution in [2.45, 2.75) is 127 Å². The Hall–Kier alpha value is -9.32. The van der Waals surface area contributed by atoms with E-state index in [1.807, 2.05) is 56.3 Å². The highest BCUT2D eigenvalue weighted by Gasteiger charge is 2.39. The minimum Gasteiger partial charge on any atom is -0.508 e. The Morgan fingerprint density at radius 1 is 0.663 bits per heavy atom. The van der Waals surface area contributed by atoms with E-state index in [1.165, 1.54) is 41.3 Å². The number of aliphatic imine (C=N–C) groups is 1. The molecule has 23 nitrogen and oxygen atoms in total. The number of likely N-dealkylation sites (N-methyl/N-ethyl adjacent to an activating group) is 1. The fourth-order valence-electron chi connectivity index (χ4n) is 10.5. The van der Waals surface area contributed by atoms with E-state index in [4.69, 9.17) is 11.5 Å². The average Bonchev–Trinajstić information content (AvgIpc) is 3.28. The van der Waals surface area contributed by atoms with Gasteiger partial charge in [0, 0.05) is 79.5 Å². The summed E-state index contributed by atoms with van der Waals surface area (Å²) in [6.45, 7) is 5.27. The van der Waals surface area contributed by atoms with Crippen LogP contribution in [0.1, 0.15) is 81.5 Å². The number of guanidine groups is 1. The number of nitrogens with one attached hydrogen (secondary N) is 9. The number of likely N-dealkylation sites (tertiary alicyclic amines) is 1. The number of aromatic hydroxyl groups is 1. The van der Waals surface area contributed by atoms with E-state index in [9.17, 15) is 53.0 Å². The van der Waals surface area contributed by atoms with E-state index >= 15 is 0 Å². The maximum Gasteiger partial charge on any atom is 0.245 e. The molecular weight excluding hydrogens is 1110 g/mol. The summed E-state index contributed by atoms with van der Waals surface area (Å²) < 4.78 is 13.6. The molecule has 15 N–H and O–H groups in total. The lowest BCUT2D eigenvalue weighted by Crippen LogP contribution is -2.61. The summed E-state index contributed by atoms with van der Waals surface area (Å²) in [6, 6.07) is 17.0. The van der Waals surface area contributed by atoms with Crippen LogP contribution in [-0.4, -0.2) is 147 Å². The van der Waals surface area contributed by atoms with Crippen LogP contribution >= 0.6 is 0 Å². The number of phenols is 1. The Labute approximate surface area is 497 Å². The number of benzene rings is 4. The molecule has 24 heteroatoms. The molecule has 2 aromatic heterocycles. The number of carbonyl (C=O) groups excluding carboxylic acids is 8. The number of nitrogens with two attached hydrogens (primary N) is 2. The molecule has 3 heterocycles. The number of fused-ring (bicyclic) bond motifs is 2. The van der Waals surface area contributed by atoms with Crippen molar-refractivity contribution >= 4 is 75.0 Å². The molecule has 8 amide bonds. The van der Waals surface area contributed by atoms with Crippen LogP contribution in [0, 0.1) is 11.7 Å². The van der Waals surface area contributed by atoms with Crippen LogP contribution in [0.5, 0.6) is 5.75 Å². The molecule has 1 aliphatic rings. The van der Waals surface area contributed by atoms with Crippen molar-refractivity contribution in [2.24, 2.45) is 22.4 Å². The lowest BCUT2D eigenvalue weighted by Gasteiger charge is -2.30. The zero-order chi connectivity index (χ0) is 61.9. The molecule has 1 saturated heterocycles. The first-order valence-corrected chi connectivity index (χ1v) is 29.0. The number of hydrogen-bond acceptors (Lipinski definition) is 11. The first-order valence-electron chi connectivity index (χ1n) is 29.0. The van der Waals surface area contributed by atoms with Gasteiger partial charge in [0.05, 0.1) is 6.61 Å². The van der Waals surface area contributed by atoms with Crippen molar-refractivity contribution in [3.8, 4) is 5.75 Å². The molecule has 86 heavy (non-hydrogen) atoms. The Kier molecular flexibility index (Phi) is 23.2. The van der Waals surface area contributed by atoms with Gasteiger partial charge in [0.15, 0.2) is 5.96 Å². The van der Waals surface area contributed by atoms with Crippen molar-refractivity contribution in [3.63, 3.8) is 0 Å². The summed E-state index contributed by atoms with van der Waals surface area (Å²) >= 11 is 0. The van der Waals surface area contributed by atoms with Crippen LogP contribution in [-0.2, 0) is 64.0 Å². The van der Waals surface area contributed by atoms with Gasteiger partial charge in [-0.15, -0.1) is 0 Å². The molecule has 0 spiro atoms. The van der Waals surface area contributed by atoms with E-state index in [-0.39, 0.29) is 88.0 Å². The van der Waals surface area contributed by atoms with Gasteiger partial charge in [0.2, 0.25) is 47.3 Å². The van der Waals surface area contributed by atoms with Crippen LogP contribution in [0.15, 0.2) is 114 Å². The number of rotatable bonds is 30. The fourth-order valence-corrected chi connectivity index (χ4v) is 10.5. The summed E-state index contributed by atoms with van der Waals surface area (Å²) in [5.41, 5.74) is 15.1. The van der Waals surface area contributed by atoms with Gasteiger partial charge in [0.1, 0.15) is 53.9 Å². The molecule has 1 fully saturated rings. The SMILES string of the molecule is CCNC(=O)[C@H]1CCCN1C(=O)[C@H](CCCN=C(N)N)NC(=O)[C@H](CC(C)C)NC(=O)[C@@H](Cc1c[nH]c2ccccc12)NC(=O)[C@H](Cc1ccc(O)cc1)NC(=O)[C@H](CO)NC(=O)[C@H](Cc1c[nH]c2ccccc12)NC(=O)CCc1ccc(F)cc1. The predicted molar refractivity (Wildman–Crippen MR) is 322 cm³/mol. The second-order valence-corrected chi connectivity index (χ2v) is 21.9. The number of carbonyl (C=O) groups is 8. The van der Waals surface area contributed by atoms with Gasteiger partial charge in [-0.25, -0.2) is 4.39 Å². The summed E-state index contributed by atoms with van der Waals surface area (Å²) in [5.74, 6) is -6.43. The van der Waals surface area contributed by atoms with Gasteiger partial charge in [-0.1, -0.05) is 74.5 Å². The molecule has 4 aromatic carbocycles. The van der Waals surface area contributed by atoms with Gasteiger partial charge in [-0.3, -0.25) is 43.3 Å². The van der Waals surface area contributed by atoms with Gasteiger partial charge >= 0.3 is 0 Å². The van der Waals surface area contributed by atoms with E-state index in [0.29, 0.717) is 41.6 Å². The van der Waals surface area contributed by atoms with E-state index < -0.39 is 96.1 Å². The standard InChI is InChI=1S/C62H78FN13O10/c1-4-66-60(85)53-16-10-28-76(53)61(86)47(15-9-27-67-62(64)65)71-55(80)48(29-36(2)3)72-58(83)51(32-40-34-69-46-14-8-6-12-44(40)46)74-56(81)49(30-38-19-24-42(78)25-20-38)73-59(84)52(35-77)75-57(82)50(31-39-33-68-45-13-7-5-11-43(39)45)70-54(79)26-21-37-17-22-41(63)23-18-37/h5-8,11-14,17-20,22-25,33-34,36,47-53,68-69,77-78H,4,9-10,15-16,21,26-32,35H2,1-3H3,(H,66,85)(H,70,79)(H,71,80)(H,72,83)(H,73,84)(H,74,81)(H,75,82)(H4,64,65,67)/t47-,48-,49-,50-,51+,52-,53+/m0/s1. The topological polar surface area (TPSA) is 360 Å². The van der Waals surface area contributed by atoms with Crippen LogP contribution in [0.3, 0.4) is 0 Å². The highest BCUT2D eigenvalue weighted by atomic mass is 19.1. The Balaban J connectivity index is 1.14. The van der Waals surface area contributed by atoms with Crippen molar-refractivity contribution in [1.82, 2.24) is 52.1 Å². The predicted octanol–water partition coefficient (Wildman–Crippen LogP) is 2.28. The molecule has 7 atom stereocenters. The summed E-state index contributed by atoms with van der Waals surface area (Å²) in [7, 11) is 0. The number of hydrogen-bond donors (Lipinski definition) is 13. The van der Waals surface area contributed by atoms with Gasteiger partial charge in [-0.05, 0) is 110 Å². The van der Waals surface area contributed by atoms with E-state index in [1.54, 1.807) is 37.5 Å². The third kappa shape index (κ3) is 18.1. The molecule has 458 valence electrons. The first-order chi connectivity index (χ1) is 41.3. The van der Waals surface area contributed by atoms with Crippen LogP contribution in [0.25, 0.3) is 21.8 Å². The number of para-hydroxylation sites is 2. The molecule has 1 aliphatic heterocycles. The molecule has 7 rings (SSSR count). The number of aliphatic hydroxyl groups excluding tert-OH is 1. The minimum absolute atomic E-state index is 0.0407. The van der Waals surface area contributed by atoms with Crippen LogP contribution < -0.4 is 48.7 Å². The quantitative estimate of drug-likeness (QED) is 0.0176. The lowest BCUT2D eigenvalue weighted by molar-refractivity contribution is -0.142. The molecule has 0 unspecified atom stereocenters. The molecule has 0 aliphatic carbocycles. The maximum absolute atomic E-state index is 15.0. The van der Waals surface area contributed by atoms with Crippen LogP contribution in [0.2, 0.25) is 0 Å². The molecule has 0 saturated carbocycles. The van der Waals surface area contributed by atoms with Crippen molar-refractivity contribution in [2.75, 3.05) is 26.2 Å². The summed E-state index contributed by atoms with van der Waals surface area (Å²) in [5, 5.41) is 41.7.